The largest absolute Gasteiger partial charge is 0.573 e. The van der Waals surface area contributed by atoms with Crippen molar-refractivity contribution in [2.24, 2.45) is 0 Å². The standard InChI is InChI=1S/C9H6F3NO/c1-6-2-3-7(5-13)4-8(6)14-9(10,11)12/h2-4H,1H3. The molecule has 0 aliphatic rings. The summed E-state index contributed by atoms with van der Waals surface area (Å²) in [6.45, 7) is 1.47. The van der Waals surface area contributed by atoms with Crippen LogP contribution in [0.15, 0.2) is 18.2 Å². The molecule has 5 heteroatoms. The topological polar surface area (TPSA) is 33.0 Å². The Morgan fingerprint density at radius 2 is 2.00 bits per heavy atom. The van der Waals surface area contributed by atoms with E-state index in [1.807, 2.05) is 0 Å². The summed E-state index contributed by atoms with van der Waals surface area (Å²) in [6.07, 6.45) is -4.72. The number of hydrogen-bond donors (Lipinski definition) is 0. The zero-order valence-electron chi connectivity index (χ0n) is 7.22. The number of alkyl halides is 3. The van der Waals surface area contributed by atoms with Crippen molar-refractivity contribution in [3.8, 4) is 11.8 Å². The van der Waals surface area contributed by atoms with Crippen LogP contribution in [-0.2, 0) is 0 Å². The molecule has 0 heterocycles. The Hall–Kier alpha value is -1.70. The summed E-state index contributed by atoms with van der Waals surface area (Å²) in [7, 11) is 0. The summed E-state index contributed by atoms with van der Waals surface area (Å²) < 4.78 is 39.3. The molecule has 1 rings (SSSR count). The maximum atomic E-state index is 11.9. The van der Waals surface area contributed by atoms with E-state index in [0.29, 0.717) is 5.56 Å². The number of benzene rings is 1. The van der Waals surface area contributed by atoms with Crippen LogP contribution in [0.4, 0.5) is 13.2 Å². The maximum absolute atomic E-state index is 11.9. The molecule has 0 saturated heterocycles. The number of aryl methyl sites for hydroxylation is 1. The molecule has 2 nitrogen and oxygen atoms in total. The van der Waals surface area contributed by atoms with Crippen molar-refractivity contribution in [1.82, 2.24) is 0 Å². The van der Waals surface area contributed by atoms with Crippen molar-refractivity contribution >= 4 is 0 Å². The molecule has 0 atom stereocenters. The van der Waals surface area contributed by atoms with E-state index >= 15 is 0 Å². The fourth-order valence-corrected chi connectivity index (χ4v) is 0.904. The van der Waals surface area contributed by atoms with Crippen molar-refractivity contribution in [1.29, 1.82) is 5.26 Å². The fourth-order valence-electron chi connectivity index (χ4n) is 0.904. The summed E-state index contributed by atoms with van der Waals surface area (Å²) in [5, 5.41) is 8.46. The Balaban J connectivity index is 3.03. The van der Waals surface area contributed by atoms with E-state index in [0.717, 1.165) is 6.07 Å². The van der Waals surface area contributed by atoms with Crippen LogP contribution in [0.5, 0.6) is 5.75 Å². The molecule has 0 aromatic heterocycles. The van der Waals surface area contributed by atoms with Crippen molar-refractivity contribution in [3.63, 3.8) is 0 Å². The molecule has 1 aromatic rings. The van der Waals surface area contributed by atoms with Crippen LogP contribution in [0.2, 0.25) is 0 Å². The number of nitriles is 1. The van der Waals surface area contributed by atoms with Crippen molar-refractivity contribution in [3.05, 3.63) is 29.3 Å². The van der Waals surface area contributed by atoms with Gasteiger partial charge >= 0.3 is 6.36 Å². The number of rotatable bonds is 1. The van der Waals surface area contributed by atoms with Gasteiger partial charge in [-0.2, -0.15) is 5.26 Å². The molecule has 0 spiro atoms. The Kier molecular flexibility index (Phi) is 2.65. The molecular formula is C9H6F3NO. The van der Waals surface area contributed by atoms with Gasteiger partial charge in [0.2, 0.25) is 0 Å². The lowest BCUT2D eigenvalue weighted by molar-refractivity contribution is -0.274. The average Bonchev–Trinajstić information content (AvgIpc) is 2.06. The Morgan fingerprint density at radius 3 is 2.50 bits per heavy atom. The normalized spacial score (nSPS) is 10.8. The predicted octanol–water partition coefficient (Wildman–Crippen LogP) is 2.77. The molecule has 0 aliphatic carbocycles. The maximum Gasteiger partial charge on any atom is 0.573 e. The van der Waals surface area contributed by atoms with Crippen LogP contribution in [-0.4, -0.2) is 6.36 Å². The monoisotopic (exact) mass is 201 g/mol. The van der Waals surface area contributed by atoms with E-state index in [9.17, 15) is 13.2 Å². The molecule has 0 bridgehead atoms. The summed E-state index contributed by atoms with van der Waals surface area (Å²) in [5.74, 6) is -0.337. The minimum absolute atomic E-state index is 0.134. The molecule has 0 amide bonds. The SMILES string of the molecule is Cc1ccc(C#N)cc1OC(F)(F)F. The zero-order chi connectivity index (χ0) is 10.8. The molecule has 0 radical (unpaired) electrons. The summed E-state index contributed by atoms with van der Waals surface area (Å²) in [4.78, 5) is 0. The number of ether oxygens (including phenoxy) is 1. The first-order valence-electron chi connectivity index (χ1n) is 3.69. The van der Waals surface area contributed by atoms with Crippen LogP contribution in [0.3, 0.4) is 0 Å². The average molecular weight is 201 g/mol. The van der Waals surface area contributed by atoms with Gasteiger partial charge in [-0.05, 0) is 24.6 Å². The summed E-state index contributed by atoms with van der Waals surface area (Å²) in [5.41, 5.74) is 0.469. The van der Waals surface area contributed by atoms with Gasteiger partial charge < -0.3 is 4.74 Å². The first-order chi connectivity index (χ1) is 6.42. The third-order valence-corrected chi connectivity index (χ3v) is 1.54. The smallest absolute Gasteiger partial charge is 0.405 e. The van der Waals surface area contributed by atoms with E-state index in [2.05, 4.69) is 4.74 Å². The lowest BCUT2D eigenvalue weighted by Crippen LogP contribution is -2.17. The second kappa shape index (κ2) is 3.58. The van der Waals surface area contributed by atoms with Crippen LogP contribution >= 0.6 is 0 Å². The van der Waals surface area contributed by atoms with Crippen LogP contribution < -0.4 is 4.74 Å². The number of halogens is 3. The van der Waals surface area contributed by atoms with Gasteiger partial charge in [-0.1, -0.05) is 6.07 Å². The summed E-state index contributed by atoms with van der Waals surface area (Å²) in [6, 6.07) is 5.62. The van der Waals surface area contributed by atoms with E-state index in [4.69, 9.17) is 5.26 Å². The van der Waals surface area contributed by atoms with Gasteiger partial charge in [0, 0.05) is 0 Å². The molecule has 0 saturated carbocycles. The van der Waals surface area contributed by atoms with Gasteiger partial charge in [0.1, 0.15) is 5.75 Å². The summed E-state index contributed by atoms with van der Waals surface area (Å²) >= 11 is 0. The van der Waals surface area contributed by atoms with Gasteiger partial charge in [-0.15, -0.1) is 13.2 Å². The molecule has 0 unspecified atom stereocenters. The highest BCUT2D eigenvalue weighted by atomic mass is 19.4. The second-order valence-electron chi connectivity index (χ2n) is 2.64. The molecule has 0 fully saturated rings. The molecule has 14 heavy (non-hydrogen) atoms. The zero-order valence-corrected chi connectivity index (χ0v) is 7.22. The highest BCUT2D eigenvalue weighted by Gasteiger charge is 2.31. The van der Waals surface area contributed by atoms with E-state index in [1.165, 1.54) is 19.1 Å². The minimum atomic E-state index is -4.72. The highest BCUT2D eigenvalue weighted by Crippen LogP contribution is 2.26. The second-order valence-corrected chi connectivity index (χ2v) is 2.64. The first kappa shape index (κ1) is 10.4. The van der Waals surface area contributed by atoms with Gasteiger partial charge in [0.15, 0.2) is 0 Å². The van der Waals surface area contributed by atoms with E-state index < -0.39 is 6.36 Å². The Morgan fingerprint density at radius 1 is 1.36 bits per heavy atom. The molecule has 1 aromatic carbocycles. The minimum Gasteiger partial charge on any atom is -0.405 e. The van der Waals surface area contributed by atoms with E-state index in [-0.39, 0.29) is 11.3 Å². The van der Waals surface area contributed by atoms with Gasteiger partial charge in [0.05, 0.1) is 11.6 Å². The molecule has 0 N–H and O–H groups in total. The van der Waals surface area contributed by atoms with Crippen LogP contribution in [0, 0.1) is 18.3 Å². The van der Waals surface area contributed by atoms with Crippen LogP contribution in [0.25, 0.3) is 0 Å². The van der Waals surface area contributed by atoms with Crippen molar-refractivity contribution < 1.29 is 17.9 Å². The lowest BCUT2D eigenvalue weighted by Gasteiger charge is -2.10. The molecule has 74 valence electrons. The van der Waals surface area contributed by atoms with Gasteiger partial charge in [0.25, 0.3) is 0 Å². The van der Waals surface area contributed by atoms with Crippen molar-refractivity contribution in [2.45, 2.75) is 13.3 Å². The molecule has 0 aliphatic heterocycles. The number of hydrogen-bond acceptors (Lipinski definition) is 2. The highest BCUT2D eigenvalue weighted by molar-refractivity contribution is 5.41. The van der Waals surface area contributed by atoms with Crippen molar-refractivity contribution in [2.75, 3.05) is 0 Å². The predicted molar refractivity (Wildman–Crippen MR) is 42.6 cm³/mol. The lowest BCUT2D eigenvalue weighted by atomic mass is 10.1. The van der Waals surface area contributed by atoms with Gasteiger partial charge in [-0.3, -0.25) is 0 Å². The third-order valence-electron chi connectivity index (χ3n) is 1.54. The quantitative estimate of drug-likeness (QED) is 0.699. The Bertz CT molecular complexity index is 379. The third kappa shape index (κ3) is 2.66. The van der Waals surface area contributed by atoms with Crippen LogP contribution in [0.1, 0.15) is 11.1 Å². The number of nitrogens with zero attached hydrogens (tertiary/aromatic N) is 1. The fraction of sp³-hybridized carbons (Fsp3) is 0.222. The molecular weight excluding hydrogens is 195 g/mol. The Labute approximate surface area is 78.5 Å². The first-order valence-corrected chi connectivity index (χ1v) is 3.69. The van der Waals surface area contributed by atoms with E-state index in [1.54, 1.807) is 6.07 Å². The van der Waals surface area contributed by atoms with Gasteiger partial charge in [-0.25, -0.2) is 0 Å².